The average molecular weight is 173 g/mol. The van der Waals surface area contributed by atoms with E-state index in [9.17, 15) is 9.59 Å². The van der Waals surface area contributed by atoms with E-state index in [0.717, 1.165) is 0 Å². The second-order valence-corrected chi connectivity index (χ2v) is 2.89. The molecular formula is C8H15NO3. The minimum Gasteiger partial charge on any atom is -0.450 e. The van der Waals surface area contributed by atoms with Crippen LogP contribution in [0.3, 0.4) is 0 Å². The lowest BCUT2D eigenvalue weighted by Crippen LogP contribution is -2.15. The van der Waals surface area contributed by atoms with Crippen LogP contribution in [0, 0.1) is 5.92 Å². The fourth-order valence-corrected chi connectivity index (χ4v) is 0.708. The van der Waals surface area contributed by atoms with Gasteiger partial charge in [0.2, 0.25) is 0 Å². The molecule has 4 nitrogen and oxygen atoms in total. The summed E-state index contributed by atoms with van der Waals surface area (Å²) in [5, 5.41) is 0. The predicted molar refractivity (Wildman–Crippen MR) is 44.6 cm³/mol. The number of hydrogen-bond acceptors (Lipinski definition) is 3. The first kappa shape index (κ1) is 10.9. The zero-order valence-corrected chi connectivity index (χ0v) is 7.50. The number of hydrogen-bond donors (Lipinski definition) is 1. The van der Waals surface area contributed by atoms with Crippen LogP contribution < -0.4 is 5.73 Å². The summed E-state index contributed by atoms with van der Waals surface area (Å²) in [4.78, 5) is 21.1. The van der Waals surface area contributed by atoms with Crippen molar-refractivity contribution in [2.45, 2.75) is 26.7 Å². The molecule has 0 spiro atoms. The first-order valence-electron chi connectivity index (χ1n) is 3.99. The quantitative estimate of drug-likeness (QED) is 0.632. The van der Waals surface area contributed by atoms with Gasteiger partial charge in [0, 0.05) is 12.3 Å². The van der Waals surface area contributed by atoms with Crippen molar-refractivity contribution in [2.24, 2.45) is 11.7 Å². The smallest absolute Gasteiger partial charge is 0.404 e. The van der Waals surface area contributed by atoms with Crippen LogP contribution in [-0.4, -0.2) is 18.5 Å². The highest BCUT2D eigenvalue weighted by molar-refractivity contribution is 5.80. The van der Waals surface area contributed by atoms with Crippen LogP contribution in [0.4, 0.5) is 4.79 Å². The number of amides is 1. The molecule has 0 aliphatic carbocycles. The minimum atomic E-state index is -0.785. The number of ether oxygens (including phenoxy) is 1. The van der Waals surface area contributed by atoms with Gasteiger partial charge >= 0.3 is 6.09 Å². The molecule has 0 fully saturated rings. The minimum absolute atomic E-state index is 0.0542. The SMILES string of the molecule is CC(C)C(=O)CCCOC(N)=O. The molecule has 4 heteroatoms. The van der Waals surface area contributed by atoms with Gasteiger partial charge in [0.1, 0.15) is 5.78 Å². The van der Waals surface area contributed by atoms with Crippen LogP contribution in [0.25, 0.3) is 0 Å². The molecule has 0 saturated heterocycles. The Morgan fingerprint density at radius 1 is 1.42 bits per heavy atom. The zero-order chi connectivity index (χ0) is 9.56. The normalized spacial score (nSPS) is 9.92. The molecule has 0 bridgehead atoms. The summed E-state index contributed by atoms with van der Waals surface area (Å²) in [6, 6.07) is 0. The summed E-state index contributed by atoms with van der Waals surface area (Å²) >= 11 is 0. The Kier molecular flexibility index (Phi) is 5.08. The van der Waals surface area contributed by atoms with Crippen LogP contribution in [0.5, 0.6) is 0 Å². The zero-order valence-electron chi connectivity index (χ0n) is 7.50. The highest BCUT2D eigenvalue weighted by Gasteiger charge is 2.06. The summed E-state index contributed by atoms with van der Waals surface area (Å²) in [7, 11) is 0. The highest BCUT2D eigenvalue weighted by Crippen LogP contribution is 2.01. The van der Waals surface area contributed by atoms with E-state index in [1.165, 1.54) is 0 Å². The molecule has 0 unspecified atom stereocenters. The van der Waals surface area contributed by atoms with Crippen molar-refractivity contribution in [3.8, 4) is 0 Å². The second kappa shape index (κ2) is 5.57. The van der Waals surface area contributed by atoms with Crippen molar-refractivity contribution in [1.29, 1.82) is 0 Å². The predicted octanol–water partition coefficient (Wildman–Crippen LogP) is 1.09. The third-order valence-electron chi connectivity index (χ3n) is 1.46. The Bertz CT molecular complexity index is 166. The largest absolute Gasteiger partial charge is 0.450 e. The molecule has 0 heterocycles. The second-order valence-electron chi connectivity index (χ2n) is 2.89. The van der Waals surface area contributed by atoms with Crippen molar-refractivity contribution in [3.63, 3.8) is 0 Å². The van der Waals surface area contributed by atoms with Gasteiger partial charge in [-0.15, -0.1) is 0 Å². The molecule has 0 radical (unpaired) electrons. The fourth-order valence-electron chi connectivity index (χ4n) is 0.708. The standard InChI is InChI=1S/C8H15NO3/c1-6(2)7(10)4-3-5-12-8(9)11/h6H,3-5H2,1-2H3,(H2,9,11). The van der Waals surface area contributed by atoms with Crippen LogP contribution >= 0.6 is 0 Å². The van der Waals surface area contributed by atoms with Crippen molar-refractivity contribution >= 4 is 11.9 Å². The maximum Gasteiger partial charge on any atom is 0.404 e. The Labute approximate surface area is 72.1 Å². The Morgan fingerprint density at radius 3 is 2.42 bits per heavy atom. The van der Waals surface area contributed by atoms with Gasteiger partial charge in [-0.1, -0.05) is 13.8 Å². The van der Waals surface area contributed by atoms with Crippen LogP contribution in [0.1, 0.15) is 26.7 Å². The third-order valence-corrected chi connectivity index (χ3v) is 1.46. The molecular weight excluding hydrogens is 158 g/mol. The van der Waals surface area contributed by atoms with E-state index < -0.39 is 6.09 Å². The van der Waals surface area contributed by atoms with E-state index in [0.29, 0.717) is 12.8 Å². The van der Waals surface area contributed by atoms with E-state index >= 15 is 0 Å². The van der Waals surface area contributed by atoms with Gasteiger partial charge in [0.05, 0.1) is 6.61 Å². The monoisotopic (exact) mass is 173 g/mol. The third kappa shape index (κ3) is 5.70. The molecule has 0 atom stereocenters. The fraction of sp³-hybridized carbons (Fsp3) is 0.750. The molecule has 0 saturated carbocycles. The van der Waals surface area contributed by atoms with Gasteiger partial charge in [0.15, 0.2) is 0 Å². The Balaban J connectivity index is 3.32. The van der Waals surface area contributed by atoms with Gasteiger partial charge in [-0.25, -0.2) is 4.79 Å². The van der Waals surface area contributed by atoms with Crippen LogP contribution in [0.2, 0.25) is 0 Å². The van der Waals surface area contributed by atoms with E-state index in [2.05, 4.69) is 4.74 Å². The summed E-state index contributed by atoms with van der Waals surface area (Å²) < 4.78 is 4.46. The number of carbonyl (C=O) groups excluding carboxylic acids is 2. The molecule has 0 aromatic carbocycles. The van der Waals surface area contributed by atoms with Gasteiger partial charge in [-0.05, 0) is 6.42 Å². The molecule has 0 aliphatic rings. The first-order chi connectivity index (χ1) is 5.54. The van der Waals surface area contributed by atoms with Crippen molar-refractivity contribution in [1.82, 2.24) is 0 Å². The van der Waals surface area contributed by atoms with Gasteiger partial charge in [-0.3, -0.25) is 4.79 Å². The summed E-state index contributed by atoms with van der Waals surface area (Å²) in [6.45, 7) is 3.92. The lowest BCUT2D eigenvalue weighted by atomic mass is 10.1. The summed E-state index contributed by atoms with van der Waals surface area (Å²) in [6.07, 6.45) is 0.220. The number of ketones is 1. The summed E-state index contributed by atoms with van der Waals surface area (Å²) in [5.74, 6) is 0.238. The van der Waals surface area contributed by atoms with Crippen LogP contribution in [0.15, 0.2) is 0 Å². The Morgan fingerprint density at radius 2 is 2.00 bits per heavy atom. The number of nitrogens with two attached hydrogens (primary N) is 1. The topological polar surface area (TPSA) is 69.4 Å². The van der Waals surface area contributed by atoms with E-state index in [4.69, 9.17) is 5.73 Å². The van der Waals surface area contributed by atoms with E-state index in [-0.39, 0.29) is 18.3 Å². The van der Waals surface area contributed by atoms with Gasteiger partial charge in [-0.2, -0.15) is 0 Å². The molecule has 70 valence electrons. The maximum atomic E-state index is 11.0. The number of Topliss-reactive ketones (excluding diaryl/α,β-unsaturated/α-hetero) is 1. The highest BCUT2D eigenvalue weighted by atomic mass is 16.5. The van der Waals surface area contributed by atoms with E-state index in [1.54, 1.807) is 0 Å². The number of primary amides is 1. The lowest BCUT2D eigenvalue weighted by Gasteiger charge is -2.03. The molecule has 12 heavy (non-hydrogen) atoms. The summed E-state index contributed by atoms with van der Waals surface area (Å²) in [5.41, 5.74) is 4.72. The van der Waals surface area contributed by atoms with E-state index in [1.807, 2.05) is 13.8 Å². The number of carbonyl (C=O) groups is 2. The van der Waals surface area contributed by atoms with Gasteiger partial charge in [0.25, 0.3) is 0 Å². The molecule has 2 N–H and O–H groups in total. The van der Waals surface area contributed by atoms with Crippen LogP contribution in [-0.2, 0) is 9.53 Å². The van der Waals surface area contributed by atoms with Crippen molar-refractivity contribution < 1.29 is 14.3 Å². The Hall–Kier alpha value is -1.06. The first-order valence-corrected chi connectivity index (χ1v) is 3.99. The maximum absolute atomic E-state index is 11.0. The molecule has 1 amide bonds. The molecule has 0 aliphatic heterocycles. The lowest BCUT2D eigenvalue weighted by molar-refractivity contribution is -0.122. The molecule has 0 aromatic heterocycles. The molecule has 0 rings (SSSR count). The molecule has 0 aromatic rings. The average Bonchev–Trinajstić information content (AvgIpc) is 1.97. The number of rotatable bonds is 5. The van der Waals surface area contributed by atoms with Crippen molar-refractivity contribution in [2.75, 3.05) is 6.61 Å². The van der Waals surface area contributed by atoms with Crippen molar-refractivity contribution in [3.05, 3.63) is 0 Å². The van der Waals surface area contributed by atoms with Gasteiger partial charge < -0.3 is 10.5 Å².